The van der Waals surface area contributed by atoms with Gasteiger partial charge in [-0.3, -0.25) is 0 Å². The van der Waals surface area contributed by atoms with E-state index >= 15 is 0 Å². The molecular weight excluding hydrogens is 363 g/mol. The van der Waals surface area contributed by atoms with Crippen LogP contribution < -0.4 is 4.31 Å². The minimum absolute atomic E-state index is 0.246. The molecule has 0 bridgehead atoms. The first-order valence-electron chi connectivity index (χ1n) is 7.63. The molecule has 0 amide bonds. The number of benzene rings is 3. The summed E-state index contributed by atoms with van der Waals surface area (Å²) in [6, 6.07) is 20.2. The van der Waals surface area contributed by atoms with Crippen LogP contribution in [-0.4, -0.2) is 8.42 Å². The normalized spacial score (nSPS) is 12.0. The maximum Gasteiger partial charge on any atom is 0.417 e. The molecule has 3 nitrogen and oxygen atoms in total. The predicted molar refractivity (Wildman–Crippen MR) is 93.7 cm³/mol. The zero-order valence-corrected chi connectivity index (χ0v) is 14.2. The third-order valence-corrected chi connectivity index (χ3v) is 5.51. The van der Waals surface area contributed by atoms with E-state index < -0.39 is 26.7 Å². The molecule has 0 aliphatic carbocycles. The molecule has 0 unspecified atom stereocenters. The minimum Gasteiger partial charge on any atom is -0.235 e. The molecule has 134 valence electrons. The van der Waals surface area contributed by atoms with Crippen LogP contribution in [0.2, 0.25) is 0 Å². The summed E-state index contributed by atoms with van der Waals surface area (Å²) in [7, 11) is -4.51. The second-order valence-corrected chi connectivity index (χ2v) is 7.19. The largest absolute Gasteiger partial charge is 0.417 e. The van der Waals surface area contributed by atoms with Crippen LogP contribution in [0.1, 0.15) is 5.56 Å². The molecule has 0 saturated heterocycles. The smallest absolute Gasteiger partial charge is 0.235 e. The van der Waals surface area contributed by atoms with Crippen molar-refractivity contribution in [1.82, 2.24) is 0 Å². The van der Waals surface area contributed by atoms with E-state index in [-0.39, 0.29) is 11.4 Å². The van der Waals surface area contributed by atoms with Gasteiger partial charge >= 0.3 is 6.18 Å². The Hall–Kier alpha value is -2.80. The molecule has 0 saturated carbocycles. The van der Waals surface area contributed by atoms with Gasteiger partial charge in [-0.05, 0) is 36.4 Å². The molecule has 0 radical (unpaired) electrons. The maximum atomic E-state index is 13.4. The highest BCUT2D eigenvalue weighted by molar-refractivity contribution is 7.93. The number of hydrogen-bond acceptors (Lipinski definition) is 2. The van der Waals surface area contributed by atoms with Crippen LogP contribution in [0, 0.1) is 0 Å². The van der Waals surface area contributed by atoms with Crippen molar-refractivity contribution >= 4 is 21.4 Å². The third-order valence-electron chi connectivity index (χ3n) is 3.69. The first-order valence-corrected chi connectivity index (χ1v) is 9.07. The van der Waals surface area contributed by atoms with Crippen molar-refractivity contribution in [3.63, 3.8) is 0 Å². The molecule has 0 fully saturated rings. The Labute approximate surface area is 149 Å². The van der Waals surface area contributed by atoms with E-state index in [0.29, 0.717) is 0 Å². The Balaban J connectivity index is 2.26. The molecular formula is C19H14F3NO2S. The van der Waals surface area contributed by atoms with Crippen LogP contribution >= 0.6 is 0 Å². The Morgan fingerprint density at radius 1 is 0.654 bits per heavy atom. The van der Waals surface area contributed by atoms with Gasteiger partial charge in [-0.15, -0.1) is 0 Å². The van der Waals surface area contributed by atoms with E-state index in [1.54, 1.807) is 36.4 Å². The Morgan fingerprint density at radius 2 is 1.08 bits per heavy atom. The quantitative estimate of drug-likeness (QED) is 0.624. The van der Waals surface area contributed by atoms with Crippen molar-refractivity contribution in [2.75, 3.05) is 4.31 Å². The lowest BCUT2D eigenvalue weighted by atomic mass is 10.2. The summed E-state index contributed by atoms with van der Waals surface area (Å²) in [6.07, 6.45) is -4.79. The molecule has 0 heterocycles. The Morgan fingerprint density at radius 3 is 1.54 bits per heavy atom. The fourth-order valence-electron chi connectivity index (χ4n) is 2.58. The molecule has 0 aromatic heterocycles. The lowest BCUT2D eigenvalue weighted by Crippen LogP contribution is -2.28. The topological polar surface area (TPSA) is 37.4 Å². The van der Waals surface area contributed by atoms with E-state index in [9.17, 15) is 21.6 Å². The van der Waals surface area contributed by atoms with Gasteiger partial charge in [0.05, 0.1) is 16.9 Å². The summed E-state index contributed by atoms with van der Waals surface area (Å²) < 4.78 is 67.5. The zero-order chi connectivity index (χ0) is 18.8. The van der Waals surface area contributed by atoms with E-state index in [1.807, 2.05) is 0 Å². The van der Waals surface area contributed by atoms with Crippen molar-refractivity contribution in [1.29, 1.82) is 0 Å². The molecule has 0 aliphatic rings. The number of anilines is 2. The number of para-hydroxylation sites is 2. The summed E-state index contributed by atoms with van der Waals surface area (Å²) in [5.74, 6) is 0. The standard InChI is InChI=1S/C19H14F3NO2S/c20-19(21,22)17-13-7-8-14-18(17)26(24,25)23(15-9-3-1-4-10-15)16-11-5-2-6-12-16/h1-14H. The summed E-state index contributed by atoms with van der Waals surface area (Å²) in [4.78, 5) is -0.791. The van der Waals surface area contributed by atoms with E-state index in [1.165, 1.54) is 30.3 Å². The van der Waals surface area contributed by atoms with Gasteiger partial charge in [0.15, 0.2) is 0 Å². The van der Waals surface area contributed by atoms with Gasteiger partial charge < -0.3 is 0 Å². The SMILES string of the molecule is O=S(=O)(c1ccccc1C(F)(F)F)N(c1ccccc1)c1ccccc1. The maximum absolute atomic E-state index is 13.4. The average molecular weight is 377 g/mol. The molecule has 0 aliphatic heterocycles. The van der Waals surface area contributed by atoms with Gasteiger partial charge in [0.2, 0.25) is 0 Å². The van der Waals surface area contributed by atoms with Crippen LogP contribution in [0.3, 0.4) is 0 Å². The molecule has 3 rings (SSSR count). The predicted octanol–water partition coefficient (Wildman–Crippen LogP) is 5.23. The highest BCUT2D eigenvalue weighted by Gasteiger charge is 2.39. The zero-order valence-electron chi connectivity index (χ0n) is 13.4. The van der Waals surface area contributed by atoms with Crippen molar-refractivity contribution in [3.8, 4) is 0 Å². The van der Waals surface area contributed by atoms with E-state index in [4.69, 9.17) is 0 Å². The average Bonchev–Trinajstić information content (AvgIpc) is 2.63. The van der Waals surface area contributed by atoms with Crippen LogP contribution in [-0.2, 0) is 16.2 Å². The highest BCUT2D eigenvalue weighted by atomic mass is 32.2. The van der Waals surface area contributed by atoms with Gasteiger partial charge in [0.25, 0.3) is 10.0 Å². The molecule has 7 heteroatoms. The fraction of sp³-hybridized carbons (Fsp3) is 0.0526. The van der Waals surface area contributed by atoms with Crippen molar-refractivity contribution in [2.24, 2.45) is 0 Å². The molecule has 0 N–H and O–H groups in total. The highest BCUT2D eigenvalue weighted by Crippen LogP contribution is 2.38. The lowest BCUT2D eigenvalue weighted by Gasteiger charge is -2.26. The summed E-state index contributed by atoms with van der Waals surface area (Å²) >= 11 is 0. The first-order chi connectivity index (χ1) is 12.3. The Bertz CT molecular complexity index is 949. The van der Waals surface area contributed by atoms with Gasteiger partial charge in [0.1, 0.15) is 4.90 Å². The molecule has 3 aromatic rings. The van der Waals surface area contributed by atoms with Crippen LogP contribution in [0.5, 0.6) is 0 Å². The van der Waals surface area contributed by atoms with Crippen LogP contribution in [0.25, 0.3) is 0 Å². The minimum atomic E-state index is -4.79. The fourth-order valence-corrected chi connectivity index (χ4v) is 4.28. The van der Waals surface area contributed by atoms with Gasteiger partial charge in [0, 0.05) is 0 Å². The van der Waals surface area contributed by atoms with Crippen LogP contribution in [0.4, 0.5) is 24.5 Å². The number of alkyl halides is 3. The molecule has 0 spiro atoms. The van der Waals surface area contributed by atoms with Crippen LogP contribution in [0.15, 0.2) is 89.8 Å². The van der Waals surface area contributed by atoms with Crippen molar-refractivity contribution in [2.45, 2.75) is 11.1 Å². The molecule has 3 aromatic carbocycles. The van der Waals surface area contributed by atoms with Crippen molar-refractivity contribution in [3.05, 3.63) is 90.5 Å². The number of rotatable bonds is 4. The van der Waals surface area contributed by atoms with Gasteiger partial charge in [-0.1, -0.05) is 48.5 Å². The molecule has 26 heavy (non-hydrogen) atoms. The molecule has 0 atom stereocenters. The second kappa shape index (κ2) is 6.84. The number of hydrogen-bond donors (Lipinski definition) is 0. The second-order valence-electron chi connectivity index (χ2n) is 5.43. The van der Waals surface area contributed by atoms with Gasteiger partial charge in [-0.25, -0.2) is 12.7 Å². The summed E-state index contributed by atoms with van der Waals surface area (Å²) in [5.41, 5.74) is -0.705. The monoisotopic (exact) mass is 377 g/mol. The number of sulfonamides is 1. The number of halogens is 3. The van der Waals surface area contributed by atoms with E-state index in [0.717, 1.165) is 22.5 Å². The Kier molecular flexibility index (Phi) is 4.73. The van der Waals surface area contributed by atoms with E-state index in [2.05, 4.69) is 0 Å². The third kappa shape index (κ3) is 3.43. The van der Waals surface area contributed by atoms with Crippen molar-refractivity contribution < 1.29 is 21.6 Å². The van der Waals surface area contributed by atoms with Gasteiger partial charge in [-0.2, -0.15) is 13.2 Å². The first kappa shape index (κ1) is 18.0. The lowest BCUT2D eigenvalue weighted by molar-refractivity contribution is -0.139. The number of nitrogens with zero attached hydrogens (tertiary/aromatic N) is 1. The summed E-state index contributed by atoms with van der Waals surface area (Å²) in [6.45, 7) is 0. The summed E-state index contributed by atoms with van der Waals surface area (Å²) in [5, 5.41) is 0.